The van der Waals surface area contributed by atoms with Gasteiger partial charge in [0.15, 0.2) is 5.78 Å². The van der Waals surface area contributed by atoms with E-state index in [1.54, 1.807) is 40.7 Å². The molecule has 2 aliphatic carbocycles. The Kier molecular flexibility index (Phi) is 4.33. The maximum absolute atomic E-state index is 15.0. The number of hydrogen-bond acceptors (Lipinski definition) is 3. The van der Waals surface area contributed by atoms with Gasteiger partial charge in [-0.05, 0) is 20.3 Å². The molecule has 23 heavy (non-hydrogen) atoms. The summed E-state index contributed by atoms with van der Waals surface area (Å²) >= 11 is 0. The monoisotopic (exact) mass is 329 g/mol. The van der Waals surface area contributed by atoms with Gasteiger partial charge in [-0.15, -0.1) is 0 Å². The van der Waals surface area contributed by atoms with E-state index in [0.717, 1.165) is 0 Å². The van der Waals surface area contributed by atoms with Gasteiger partial charge < -0.3 is 9.64 Å². The van der Waals surface area contributed by atoms with E-state index >= 15 is 8.78 Å². The summed E-state index contributed by atoms with van der Waals surface area (Å²) < 4.78 is 35.3. The van der Waals surface area contributed by atoms with E-state index in [2.05, 4.69) is 0 Å². The maximum Gasteiger partial charge on any atom is 0.410 e. The quantitative estimate of drug-likeness (QED) is 0.740. The van der Waals surface area contributed by atoms with Crippen LogP contribution in [-0.4, -0.2) is 41.4 Å². The summed E-state index contributed by atoms with van der Waals surface area (Å²) in [5, 5.41) is 0. The molecule has 0 aromatic heterocycles. The summed E-state index contributed by atoms with van der Waals surface area (Å²) in [5.41, 5.74) is -3.43. The molecule has 1 saturated carbocycles. The summed E-state index contributed by atoms with van der Waals surface area (Å²) in [6.45, 7) is 8.88. The van der Waals surface area contributed by atoms with Crippen LogP contribution >= 0.6 is 0 Å². The average Bonchev–Trinajstić information content (AvgIpc) is 3.00. The van der Waals surface area contributed by atoms with E-state index in [1.165, 1.54) is 11.0 Å². The lowest BCUT2D eigenvalue weighted by molar-refractivity contribution is -0.202. The first-order valence-corrected chi connectivity index (χ1v) is 8.11. The Bertz CT molecular complexity index is 534. The number of Topliss-reactive ketones (excluding diaryl/α,β-unsaturated/α-hetero) is 1. The first kappa shape index (κ1) is 17.9. The molecule has 0 radical (unpaired) electrons. The minimum atomic E-state index is -3.39. The lowest BCUT2D eigenvalue weighted by Crippen LogP contribution is -2.63. The molecule has 0 N–H and O–H groups in total. The Morgan fingerprint density at radius 2 is 1.70 bits per heavy atom. The normalized spacial score (nSPS) is 31.3. The van der Waals surface area contributed by atoms with Crippen LogP contribution in [0.4, 0.5) is 13.6 Å². The minimum Gasteiger partial charge on any atom is -0.428 e. The van der Waals surface area contributed by atoms with Crippen molar-refractivity contribution in [2.24, 2.45) is 17.3 Å². The van der Waals surface area contributed by atoms with Crippen molar-refractivity contribution in [2.75, 3.05) is 13.1 Å². The highest BCUT2D eigenvalue weighted by Gasteiger charge is 2.76. The van der Waals surface area contributed by atoms with Crippen molar-refractivity contribution in [2.45, 2.75) is 52.6 Å². The predicted octanol–water partition coefficient (Wildman–Crippen LogP) is 3.66. The fourth-order valence-corrected chi connectivity index (χ4v) is 3.54. The third-order valence-corrected chi connectivity index (χ3v) is 4.86. The van der Waals surface area contributed by atoms with Gasteiger partial charge in [0.2, 0.25) is 5.60 Å². The average molecular weight is 329 g/mol. The van der Waals surface area contributed by atoms with Crippen LogP contribution in [0.5, 0.6) is 0 Å². The van der Waals surface area contributed by atoms with Crippen molar-refractivity contribution in [1.29, 1.82) is 0 Å². The van der Waals surface area contributed by atoms with Gasteiger partial charge in [-0.2, -0.15) is 0 Å². The zero-order valence-corrected chi connectivity index (χ0v) is 14.4. The Labute approximate surface area is 135 Å². The number of nitrogens with zero attached hydrogens (tertiary/aromatic N) is 1. The van der Waals surface area contributed by atoms with Crippen molar-refractivity contribution in [3.05, 3.63) is 12.2 Å². The molecule has 0 saturated heterocycles. The van der Waals surface area contributed by atoms with Crippen molar-refractivity contribution in [3.63, 3.8) is 0 Å². The fraction of sp³-hybridized carbons (Fsp3) is 0.765. The fourth-order valence-electron chi connectivity index (χ4n) is 3.54. The molecule has 0 heterocycles. The second-order valence-electron chi connectivity index (χ2n) is 7.31. The summed E-state index contributed by atoms with van der Waals surface area (Å²) in [7, 11) is 0. The molecular weight excluding hydrogens is 304 g/mol. The van der Waals surface area contributed by atoms with Crippen LogP contribution in [0.15, 0.2) is 12.2 Å². The topological polar surface area (TPSA) is 46.6 Å². The number of carbonyl (C=O) groups excluding carboxylic acids is 2. The lowest BCUT2D eigenvalue weighted by Gasteiger charge is -2.43. The van der Waals surface area contributed by atoms with Crippen molar-refractivity contribution < 1.29 is 23.1 Å². The number of fused-ring (bicyclic) bond motifs is 2. The largest absolute Gasteiger partial charge is 0.428 e. The molecule has 2 aliphatic rings. The van der Waals surface area contributed by atoms with E-state index in [-0.39, 0.29) is 6.42 Å². The van der Waals surface area contributed by atoms with Crippen LogP contribution in [-0.2, 0) is 9.53 Å². The standard InChI is InChI=1S/C17H25F2NO3/c1-6-20(7-2)14(22)23-16(13(21)15(3,4)5)11-8-9-12(10-11)17(16,18)19/h8-9,11-12H,6-7,10H2,1-5H3/t11-,12+,16-/m0/s1. The van der Waals surface area contributed by atoms with Gasteiger partial charge in [-0.1, -0.05) is 32.9 Å². The molecule has 1 amide bonds. The minimum absolute atomic E-state index is 0.139. The molecule has 0 unspecified atom stereocenters. The van der Waals surface area contributed by atoms with Crippen molar-refractivity contribution in [1.82, 2.24) is 4.90 Å². The third-order valence-electron chi connectivity index (χ3n) is 4.86. The van der Waals surface area contributed by atoms with Gasteiger partial charge >= 0.3 is 12.0 Å². The number of hydrogen-bond donors (Lipinski definition) is 0. The second-order valence-corrected chi connectivity index (χ2v) is 7.31. The smallest absolute Gasteiger partial charge is 0.410 e. The van der Waals surface area contributed by atoms with E-state index < -0.39 is 40.7 Å². The van der Waals surface area contributed by atoms with Crippen LogP contribution in [0.2, 0.25) is 0 Å². The molecule has 0 aromatic carbocycles. The molecule has 130 valence electrons. The molecule has 4 nitrogen and oxygen atoms in total. The van der Waals surface area contributed by atoms with Gasteiger partial charge in [0.25, 0.3) is 0 Å². The van der Waals surface area contributed by atoms with Gasteiger partial charge in [-0.25, -0.2) is 13.6 Å². The summed E-state index contributed by atoms with van der Waals surface area (Å²) in [4.78, 5) is 26.6. The molecule has 2 rings (SSSR count). The Morgan fingerprint density at radius 1 is 1.17 bits per heavy atom. The number of carbonyl (C=O) groups is 2. The number of allylic oxidation sites excluding steroid dienone is 1. The summed E-state index contributed by atoms with van der Waals surface area (Å²) in [5.74, 6) is -5.93. The van der Waals surface area contributed by atoms with Gasteiger partial charge in [-0.3, -0.25) is 4.79 Å². The van der Waals surface area contributed by atoms with Gasteiger partial charge in [0.05, 0.1) is 0 Å². The highest BCUT2D eigenvalue weighted by Crippen LogP contribution is 2.60. The van der Waals surface area contributed by atoms with Crippen LogP contribution < -0.4 is 0 Å². The zero-order valence-electron chi connectivity index (χ0n) is 14.4. The molecule has 6 heteroatoms. The number of amides is 1. The third kappa shape index (κ3) is 2.46. The second kappa shape index (κ2) is 5.56. The Balaban J connectivity index is 2.48. The molecule has 0 spiro atoms. The number of alkyl halides is 2. The predicted molar refractivity (Wildman–Crippen MR) is 82.3 cm³/mol. The van der Waals surface area contributed by atoms with Crippen molar-refractivity contribution in [3.8, 4) is 0 Å². The Morgan fingerprint density at radius 3 is 2.09 bits per heavy atom. The van der Waals surface area contributed by atoms with Crippen molar-refractivity contribution >= 4 is 11.9 Å². The zero-order chi connectivity index (χ0) is 17.6. The maximum atomic E-state index is 15.0. The number of rotatable bonds is 4. The van der Waals surface area contributed by atoms with Crippen LogP contribution in [0.25, 0.3) is 0 Å². The van der Waals surface area contributed by atoms with Crippen LogP contribution in [0, 0.1) is 17.3 Å². The lowest BCUT2D eigenvalue weighted by atomic mass is 9.72. The van der Waals surface area contributed by atoms with Gasteiger partial charge in [0.1, 0.15) is 0 Å². The highest BCUT2D eigenvalue weighted by molar-refractivity contribution is 5.96. The van der Waals surface area contributed by atoms with E-state index in [1.807, 2.05) is 0 Å². The molecule has 2 bridgehead atoms. The first-order chi connectivity index (χ1) is 10.5. The Hall–Kier alpha value is -1.46. The van der Waals surface area contributed by atoms with E-state index in [9.17, 15) is 9.59 Å². The molecule has 0 aliphatic heterocycles. The number of halogens is 2. The molecular formula is C17H25F2NO3. The SMILES string of the molecule is CCN(CC)C(=O)O[C@]1(C(=O)C(C)(C)C)[C@H]2C=C[C@H](C2)C1(F)F. The first-order valence-electron chi connectivity index (χ1n) is 8.11. The molecule has 0 aromatic rings. The summed E-state index contributed by atoms with van der Waals surface area (Å²) in [6, 6.07) is 0. The highest BCUT2D eigenvalue weighted by atomic mass is 19.3. The van der Waals surface area contributed by atoms with Crippen LogP contribution in [0.1, 0.15) is 41.0 Å². The number of ketones is 1. The number of ether oxygens (including phenoxy) is 1. The summed E-state index contributed by atoms with van der Waals surface area (Å²) in [6.07, 6.45) is 2.32. The van der Waals surface area contributed by atoms with E-state index in [0.29, 0.717) is 13.1 Å². The molecule has 3 atom stereocenters. The van der Waals surface area contributed by atoms with E-state index in [4.69, 9.17) is 4.74 Å². The molecule has 1 fully saturated rings. The van der Waals surface area contributed by atoms with Crippen LogP contribution in [0.3, 0.4) is 0 Å². The van der Waals surface area contributed by atoms with Gasteiger partial charge in [0, 0.05) is 30.3 Å².